The summed E-state index contributed by atoms with van der Waals surface area (Å²) in [5.41, 5.74) is 4.13. The number of nitrogens with zero attached hydrogens (tertiary/aromatic N) is 2. The smallest absolute Gasteiger partial charge is 0.246 e. The molecule has 1 heterocycles. The maximum absolute atomic E-state index is 12.9. The van der Waals surface area contributed by atoms with Crippen molar-refractivity contribution in [2.75, 3.05) is 12.4 Å². The lowest BCUT2D eigenvalue weighted by Gasteiger charge is -2.12. The Balaban J connectivity index is 1.46. The molecule has 0 saturated heterocycles. The normalized spacial score (nSPS) is 10.5. The van der Waals surface area contributed by atoms with Crippen molar-refractivity contribution >= 4 is 17.4 Å². The molecular weight excluding hydrogens is 402 g/mol. The third-order valence-corrected chi connectivity index (χ3v) is 5.09. The van der Waals surface area contributed by atoms with Crippen molar-refractivity contribution in [1.29, 1.82) is 0 Å². The summed E-state index contributed by atoms with van der Waals surface area (Å²) in [6.45, 7) is 0.0715. The maximum Gasteiger partial charge on any atom is 0.246 e. The number of ether oxygens (including phenoxy) is 1. The Morgan fingerprint density at radius 1 is 0.938 bits per heavy atom. The van der Waals surface area contributed by atoms with Gasteiger partial charge in [0, 0.05) is 24.4 Å². The second-order valence-electron chi connectivity index (χ2n) is 7.33. The van der Waals surface area contributed by atoms with E-state index in [0.717, 1.165) is 16.7 Å². The van der Waals surface area contributed by atoms with Crippen molar-refractivity contribution in [3.63, 3.8) is 0 Å². The van der Waals surface area contributed by atoms with Crippen molar-refractivity contribution < 1.29 is 14.3 Å². The van der Waals surface area contributed by atoms with Crippen LogP contribution in [0.2, 0.25) is 0 Å². The van der Waals surface area contributed by atoms with E-state index in [1.165, 1.54) is 11.8 Å². The predicted octanol–water partition coefficient (Wildman–Crippen LogP) is 4.62. The average Bonchev–Trinajstić information content (AvgIpc) is 3.33. The number of Topliss-reactive ketones (excluding diaryl/α,β-unsaturated/α-hetero) is 1. The first-order valence-corrected chi connectivity index (χ1v) is 10.3. The number of benzene rings is 3. The van der Waals surface area contributed by atoms with E-state index in [1.54, 1.807) is 36.7 Å². The molecule has 6 nitrogen and oxygen atoms in total. The van der Waals surface area contributed by atoms with Crippen molar-refractivity contribution in [3.8, 4) is 16.9 Å². The molecule has 1 amide bonds. The number of hydrogen-bond donors (Lipinski definition) is 1. The van der Waals surface area contributed by atoms with Gasteiger partial charge in [-0.25, -0.2) is 0 Å². The second-order valence-corrected chi connectivity index (χ2v) is 7.33. The average molecular weight is 425 g/mol. The van der Waals surface area contributed by atoms with Crippen LogP contribution >= 0.6 is 0 Å². The Hall–Kier alpha value is -4.19. The van der Waals surface area contributed by atoms with Crippen LogP contribution in [-0.2, 0) is 17.8 Å². The molecule has 3 aromatic carbocycles. The highest BCUT2D eigenvalue weighted by Gasteiger charge is 2.14. The van der Waals surface area contributed by atoms with Crippen LogP contribution in [0.15, 0.2) is 91.3 Å². The number of ketones is 1. The fraction of sp³-hybridized carbons (Fsp3) is 0.115. The number of rotatable bonds is 8. The van der Waals surface area contributed by atoms with E-state index >= 15 is 0 Å². The molecule has 0 radical (unpaired) electrons. The van der Waals surface area contributed by atoms with E-state index in [1.807, 2.05) is 42.5 Å². The van der Waals surface area contributed by atoms with E-state index in [-0.39, 0.29) is 24.7 Å². The molecule has 1 aromatic heterocycles. The summed E-state index contributed by atoms with van der Waals surface area (Å²) in [4.78, 5) is 25.3. The van der Waals surface area contributed by atoms with Crippen molar-refractivity contribution in [2.24, 2.45) is 0 Å². The first-order chi connectivity index (χ1) is 15.6. The topological polar surface area (TPSA) is 73.2 Å². The van der Waals surface area contributed by atoms with Gasteiger partial charge in [-0.2, -0.15) is 5.10 Å². The minimum Gasteiger partial charge on any atom is -0.495 e. The zero-order valence-corrected chi connectivity index (χ0v) is 17.7. The van der Waals surface area contributed by atoms with Gasteiger partial charge in [-0.05, 0) is 41.0 Å². The van der Waals surface area contributed by atoms with Crippen LogP contribution in [0.4, 0.5) is 5.69 Å². The number of carbonyl (C=O) groups excluding carboxylic acids is 2. The van der Waals surface area contributed by atoms with Crippen LogP contribution in [-0.4, -0.2) is 28.6 Å². The third kappa shape index (κ3) is 5.10. The van der Waals surface area contributed by atoms with E-state index in [2.05, 4.69) is 22.5 Å². The van der Waals surface area contributed by atoms with Gasteiger partial charge in [0.2, 0.25) is 5.91 Å². The largest absolute Gasteiger partial charge is 0.495 e. The van der Waals surface area contributed by atoms with Crippen LogP contribution < -0.4 is 10.1 Å². The molecule has 6 heteroatoms. The summed E-state index contributed by atoms with van der Waals surface area (Å²) in [5.74, 6) is 0.193. The fourth-order valence-corrected chi connectivity index (χ4v) is 3.44. The van der Waals surface area contributed by atoms with Gasteiger partial charge in [0.1, 0.15) is 12.3 Å². The molecule has 0 aliphatic rings. The minimum atomic E-state index is -0.256. The van der Waals surface area contributed by atoms with Gasteiger partial charge in [0.25, 0.3) is 0 Å². The standard InChI is InChI=1S/C26H23N3O3/c1-32-25-13-12-22(17-23(25)28-26(31)18-29-15-5-14-27-29)24(30)16-19-8-10-21(11-9-19)20-6-3-2-4-7-20/h2-15,17H,16,18H2,1H3,(H,28,31). The monoisotopic (exact) mass is 425 g/mol. The summed E-state index contributed by atoms with van der Waals surface area (Å²) in [6, 6.07) is 24.9. The molecule has 0 aliphatic heterocycles. The molecule has 4 aromatic rings. The molecule has 0 fully saturated rings. The summed E-state index contributed by atoms with van der Waals surface area (Å²) in [5, 5.41) is 6.84. The SMILES string of the molecule is COc1ccc(C(=O)Cc2ccc(-c3ccccc3)cc2)cc1NC(=O)Cn1cccn1. The van der Waals surface area contributed by atoms with Crippen molar-refractivity contribution in [3.05, 3.63) is 102 Å². The molecule has 0 saturated carbocycles. The summed E-state index contributed by atoms with van der Waals surface area (Å²) >= 11 is 0. The van der Waals surface area contributed by atoms with E-state index in [9.17, 15) is 9.59 Å². The van der Waals surface area contributed by atoms with E-state index < -0.39 is 0 Å². The zero-order valence-electron chi connectivity index (χ0n) is 17.7. The van der Waals surface area contributed by atoms with Crippen molar-refractivity contribution in [1.82, 2.24) is 9.78 Å². The van der Waals surface area contributed by atoms with Gasteiger partial charge in [-0.15, -0.1) is 0 Å². The van der Waals surface area contributed by atoms with Crippen LogP contribution in [0.3, 0.4) is 0 Å². The Labute approximate surface area is 186 Å². The Morgan fingerprint density at radius 2 is 1.69 bits per heavy atom. The number of nitrogens with one attached hydrogen (secondary N) is 1. The first kappa shape index (κ1) is 21.1. The zero-order chi connectivity index (χ0) is 22.3. The quantitative estimate of drug-likeness (QED) is 0.418. The van der Waals surface area contributed by atoms with Crippen LogP contribution in [0.25, 0.3) is 11.1 Å². The van der Waals surface area contributed by atoms with Gasteiger partial charge in [0.05, 0.1) is 12.8 Å². The molecule has 0 aliphatic carbocycles. The minimum absolute atomic E-state index is 0.0392. The van der Waals surface area contributed by atoms with E-state index in [4.69, 9.17) is 4.74 Å². The highest BCUT2D eigenvalue weighted by Crippen LogP contribution is 2.26. The Bertz CT molecular complexity index is 1200. The van der Waals surface area contributed by atoms with Crippen molar-refractivity contribution in [2.45, 2.75) is 13.0 Å². The lowest BCUT2D eigenvalue weighted by atomic mass is 9.99. The number of aromatic nitrogens is 2. The van der Waals surface area contributed by atoms with Gasteiger partial charge in [-0.1, -0.05) is 54.6 Å². The molecule has 160 valence electrons. The predicted molar refractivity (Wildman–Crippen MR) is 124 cm³/mol. The number of methoxy groups -OCH3 is 1. The summed E-state index contributed by atoms with van der Waals surface area (Å²) in [7, 11) is 1.52. The van der Waals surface area contributed by atoms with Gasteiger partial charge < -0.3 is 10.1 Å². The molecule has 0 atom stereocenters. The maximum atomic E-state index is 12.9. The number of anilines is 1. The van der Waals surface area contributed by atoms with Gasteiger partial charge in [-0.3, -0.25) is 14.3 Å². The molecule has 0 spiro atoms. The van der Waals surface area contributed by atoms with E-state index in [0.29, 0.717) is 17.0 Å². The lowest BCUT2D eigenvalue weighted by Crippen LogP contribution is -2.19. The highest BCUT2D eigenvalue weighted by atomic mass is 16.5. The number of hydrogen-bond acceptors (Lipinski definition) is 4. The van der Waals surface area contributed by atoms with Crippen LogP contribution in [0.5, 0.6) is 5.75 Å². The first-order valence-electron chi connectivity index (χ1n) is 10.3. The van der Waals surface area contributed by atoms with Crippen LogP contribution in [0, 0.1) is 0 Å². The van der Waals surface area contributed by atoms with Crippen LogP contribution in [0.1, 0.15) is 15.9 Å². The highest BCUT2D eigenvalue weighted by molar-refractivity contribution is 6.00. The molecular formula is C26H23N3O3. The fourth-order valence-electron chi connectivity index (χ4n) is 3.44. The third-order valence-electron chi connectivity index (χ3n) is 5.09. The van der Waals surface area contributed by atoms with Gasteiger partial charge in [0.15, 0.2) is 5.78 Å². The summed E-state index contributed by atoms with van der Waals surface area (Å²) in [6.07, 6.45) is 3.58. The van der Waals surface area contributed by atoms with Gasteiger partial charge >= 0.3 is 0 Å². The molecule has 0 unspecified atom stereocenters. The lowest BCUT2D eigenvalue weighted by molar-refractivity contribution is -0.116. The summed E-state index contributed by atoms with van der Waals surface area (Å²) < 4.78 is 6.86. The number of carbonyl (C=O) groups is 2. The molecule has 0 bridgehead atoms. The Kier molecular flexibility index (Phi) is 6.41. The molecule has 1 N–H and O–H groups in total. The Morgan fingerprint density at radius 3 is 2.38 bits per heavy atom. The number of amides is 1. The second kappa shape index (κ2) is 9.75. The molecule has 4 rings (SSSR count). The molecule has 32 heavy (non-hydrogen) atoms.